The van der Waals surface area contributed by atoms with Crippen LogP contribution >= 0.6 is 11.3 Å². The molecule has 14 heavy (non-hydrogen) atoms. The lowest BCUT2D eigenvalue weighted by atomic mass is 10.2. The van der Waals surface area contributed by atoms with Crippen LogP contribution in [0.25, 0.3) is 0 Å². The molecule has 4 heteroatoms. The van der Waals surface area contributed by atoms with Crippen molar-refractivity contribution in [1.82, 2.24) is 10.6 Å². The van der Waals surface area contributed by atoms with Crippen molar-refractivity contribution in [2.24, 2.45) is 0 Å². The third-order valence-corrected chi connectivity index (χ3v) is 2.78. The average molecular weight is 212 g/mol. The zero-order chi connectivity index (χ0) is 10.4. The number of carbonyl (C=O) groups is 1. The second-order valence-corrected chi connectivity index (χ2v) is 4.08. The molecule has 1 rings (SSSR count). The molecule has 0 radical (unpaired) electrons. The molecular formula is C10H16N2OS. The van der Waals surface area contributed by atoms with Gasteiger partial charge in [0.1, 0.15) is 0 Å². The Kier molecular flexibility index (Phi) is 4.62. The zero-order valence-corrected chi connectivity index (χ0v) is 9.36. The Balaban J connectivity index is 2.23. The van der Waals surface area contributed by atoms with Crippen LogP contribution in [0.3, 0.4) is 0 Å². The largest absolute Gasteiger partial charge is 0.354 e. The van der Waals surface area contributed by atoms with Gasteiger partial charge in [-0.3, -0.25) is 4.79 Å². The van der Waals surface area contributed by atoms with Gasteiger partial charge in [-0.15, -0.1) is 0 Å². The van der Waals surface area contributed by atoms with Crippen molar-refractivity contribution in [2.45, 2.75) is 19.4 Å². The van der Waals surface area contributed by atoms with Gasteiger partial charge < -0.3 is 10.6 Å². The summed E-state index contributed by atoms with van der Waals surface area (Å²) in [7, 11) is 1.88. The van der Waals surface area contributed by atoms with Gasteiger partial charge >= 0.3 is 0 Å². The molecule has 0 aromatic carbocycles. The molecular weight excluding hydrogens is 196 g/mol. The highest BCUT2D eigenvalue weighted by atomic mass is 32.1. The molecule has 0 aliphatic rings. The molecule has 1 atom stereocenters. The topological polar surface area (TPSA) is 41.1 Å². The molecule has 0 saturated carbocycles. The normalized spacial score (nSPS) is 12.4. The minimum atomic E-state index is 0.0884. The maximum Gasteiger partial charge on any atom is 0.224 e. The molecule has 0 aliphatic heterocycles. The van der Waals surface area contributed by atoms with Gasteiger partial charge in [-0.1, -0.05) is 0 Å². The first-order chi connectivity index (χ1) is 6.72. The lowest BCUT2D eigenvalue weighted by molar-refractivity contribution is -0.120. The van der Waals surface area contributed by atoms with Crippen molar-refractivity contribution in [1.29, 1.82) is 0 Å². The van der Waals surface area contributed by atoms with Gasteiger partial charge in [-0.05, 0) is 36.4 Å². The highest BCUT2D eigenvalue weighted by molar-refractivity contribution is 7.07. The Morgan fingerprint density at radius 1 is 1.64 bits per heavy atom. The van der Waals surface area contributed by atoms with Crippen molar-refractivity contribution in [3.63, 3.8) is 0 Å². The molecule has 0 fully saturated rings. The van der Waals surface area contributed by atoms with Crippen LogP contribution in [0.4, 0.5) is 0 Å². The first-order valence-corrected chi connectivity index (χ1v) is 5.61. The molecule has 0 aliphatic carbocycles. The Morgan fingerprint density at radius 3 is 3.00 bits per heavy atom. The zero-order valence-electron chi connectivity index (χ0n) is 8.54. The highest BCUT2D eigenvalue weighted by Crippen LogP contribution is 2.05. The number of likely N-dealkylation sites (N-methyl/N-ethyl adjacent to an activating group) is 1. The number of amides is 1. The first kappa shape index (κ1) is 11.2. The van der Waals surface area contributed by atoms with E-state index in [-0.39, 0.29) is 5.91 Å². The Labute approximate surface area is 88.5 Å². The van der Waals surface area contributed by atoms with Crippen molar-refractivity contribution in [3.8, 4) is 0 Å². The monoisotopic (exact) mass is 212 g/mol. The van der Waals surface area contributed by atoms with Gasteiger partial charge in [0.25, 0.3) is 0 Å². The minimum Gasteiger partial charge on any atom is -0.354 e. The second-order valence-electron chi connectivity index (χ2n) is 3.30. The fraction of sp³-hybridized carbons (Fsp3) is 0.500. The van der Waals surface area contributed by atoms with E-state index in [1.807, 2.05) is 30.8 Å². The SMILES string of the molecule is CNC(C)CNC(=O)Cc1ccsc1. The van der Waals surface area contributed by atoms with Gasteiger partial charge in [0.2, 0.25) is 5.91 Å². The second kappa shape index (κ2) is 5.78. The number of hydrogen-bond acceptors (Lipinski definition) is 3. The molecule has 0 bridgehead atoms. The molecule has 1 aromatic rings. The van der Waals surface area contributed by atoms with Gasteiger partial charge in [0, 0.05) is 12.6 Å². The van der Waals surface area contributed by atoms with E-state index in [4.69, 9.17) is 0 Å². The molecule has 1 heterocycles. The van der Waals surface area contributed by atoms with Crippen molar-refractivity contribution >= 4 is 17.2 Å². The predicted molar refractivity (Wildman–Crippen MR) is 59.6 cm³/mol. The van der Waals surface area contributed by atoms with Crippen LogP contribution in [0.2, 0.25) is 0 Å². The fourth-order valence-corrected chi connectivity index (χ4v) is 1.68. The van der Waals surface area contributed by atoms with Gasteiger partial charge in [0.05, 0.1) is 6.42 Å². The van der Waals surface area contributed by atoms with Crippen LogP contribution in [0.1, 0.15) is 12.5 Å². The lowest BCUT2D eigenvalue weighted by Crippen LogP contribution is -2.37. The molecule has 2 N–H and O–H groups in total. The minimum absolute atomic E-state index is 0.0884. The summed E-state index contributed by atoms with van der Waals surface area (Å²) in [6.07, 6.45) is 0.486. The van der Waals surface area contributed by atoms with Crippen LogP contribution in [-0.2, 0) is 11.2 Å². The van der Waals surface area contributed by atoms with Crippen LogP contribution in [0, 0.1) is 0 Å². The Morgan fingerprint density at radius 2 is 2.43 bits per heavy atom. The summed E-state index contributed by atoms with van der Waals surface area (Å²) in [5.41, 5.74) is 1.09. The average Bonchev–Trinajstić information content (AvgIpc) is 2.66. The third kappa shape index (κ3) is 3.89. The summed E-state index contributed by atoms with van der Waals surface area (Å²) in [5, 5.41) is 9.93. The van der Waals surface area contributed by atoms with E-state index in [9.17, 15) is 4.79 Å². The summed E-state index contributed by atoms with van der Waals surface area (Å²) < 4.78 is 0. The number of nitrogens with one attached hydrogen (secondary N) is 2. The molecule has 0 spiro atoms. The van der Waals surface area contributed by atoms with E-state index in [2.05, 4.69) is 10.6 Å². The Hall–Kier alpha value is -0.870. The molecule has 1 aromatic heterocycles. The van der Waals surface area contributed by atoms with E-state index in [0.29, 0.717) is 19.0 Å². The number of carbonyl (C=O) groups excluding carboxylic acids is 1. The third-order valence-electron chi connectivity index (χ3n) is 2.04. The smallest absolute Gasteiger partial charge is 0.224 e. The summed E-state index contributed by atoms with van der Waals surface area (Å²) in [6, 6.07) is 2.30. The number of rotatable bonds is 5. The summed E-state index contributed by atoms with van der Waals surface area (Å²) in [5.74, 6) is 0.0884. The molecule has 78 valence electrons. The summed E-state index contributed by atoms with van der Waals surface area (Å²) in [6.45, 7) is 2.71. The maximum absolute atomic E-state index is 11.4. The number of hydrogen-bond donors (Lipinski definition) is 2. The van der Waals surface area contributed by atoms with E-state index < -0.39 is 0 Å². The van der Waals surface area contributed by atoms with Crippen LogP contribution in [0.5, 0.6) is 0 Å². The van der Waals surface area contributed by atoms with E-state index in [1.165, 1.54) is 0 Å². The van der Waals surface area contributed by atoms with Crippen LogP contribution in [-0.4, -0.2) is 25.5 Å². The van der Waals surface area contributed by atoms with Crippen molar-refractivity contribution in [2.75, 3.05) is 13.6 Å². The summed E-state index contributed by atoms with van der Waals surface area (Å²) >= 11 is 1.62. The van der Waals surface area contributed by atoms with Gasteiger partial charge in [-0.2, -0.15) is 11.3 Å². The Bertz CT molecular complexity index is 272. The lowest BCUT2D eigenvalue weighted by Gasteiger charge is -2.10. The molecule has 3 nitrogen and oxygen atoms in total. The van der Waals surface area contributed by atoms with Crippen LogP contribution in [0.15, 0.2) is 16.8 Å². The molecule has 1 unspecified atom stereocenters. The number of thiophene rings is 1. The molecule has 1 amide bonds. The maximum atomic E-state index is 11.4. The van der Waals surface area contributed by atoms with Crippen LogP contribution < -0.4 is 10.6 Å². The standard InChI is InChI=1S/C10H16N2OS/c1-8(11-2)6-12-10(13)5-9-3-4-14-7-9/h3-4,7-8,11H,5-6H2,1-2H3,(H,12,13). The van der Waals surface area contributed by atoms with Gasteiger partial charge in [-0.25, -0.2) is 0 Å². The van der Waals surface area contributed by atoms with Crippen molar-refractivity contribution in [3.05, 3.63) is 22.4 Å². The molecule has 0 saturated heterocycles. The van der Waals surface area contributed by atoms with E-state index in [1.54, 1.807) is 11.3 Å². The van der Waals surface area contributed by atoms with E-state index >= 15 is 0 Å². The highest BCUT2D eigenvalue weighted by Gasteiger charge is 2.04. The van der Waals surface area contributed by atoms with Crippen molar-refractivity contribution < 1.29 is 4.79 Å². The van der Waals surface area contributed by atoms with Gasteiger partial charge in [0.15, 0.2) is 0 Å². The fourth-order valence-electron chi connectivity index (χ4n) is 1.01. The first-order valence-electron chi connectivity index (χ1n) is 4.67. The quantitative estimate of drug-likeness (QED) is 0.765. The predicted octanol–water partition coefficient (Wildman–Crippen LogP) is 1.01. The summed E-state index contributed by atoms with van der Waals surface area (Å²) in [4.78, 5) is 11.4. The van der Waals surface area contributed by atoms with E-state index in [0.717, 1.165) is 5.56 Å².